The fraction of sp³-hybridized carbons (Fsp3) is 0.167. The Bertz CT molecular complexity index is 1840. The largest absolute Gasteiger partial charge is 0.494 e. The van der Waals surface area contributed by atoms with E-state index in [0.29, 0.717) is 0 Å². The van der Waals surface area contributed by atoms with Gasteiger partial charge in [0.1, 0.15) is 0 Å². The van der Waals surface area contributed by atoms with Crippen molar-refractivity contribution in [1.82, 2.24) is 4.57 Å². The minimum Gasteiger partial charge on any atom is -0.399 e. The maximum atomic E-state index is 6.24. The Morgan fingerprint density at radius 3 is 1.80 bits per heavy atom. The molecule has 0 spiro atoms. The van der Waals surface area contributed by atoms with Gasteiger partial charge in [0.05, 0.1) is 22.2 Å². The van der Waals surface area contributed by atoms with Gasteiger partial charge in [0.2, 0.25) is 0 Å². The molecule has 6 aromatic rings. The topological polar surface area (TPSA) is 23.4 Å². The Morgan fingerprint density at radius 2 is 1.07 bits per heavy atom. The summed E-state index contributed by atoms with van der Waals surface area (Å²) in [6.45, 7) is 8.35. The van der Waals surface area contributed by atoms with Crippen molar-refractivity contribution in [1.29, 1.82) is 0 Å². The molecule has 1 fully saturated rings. The smallest absolute Gasteiger partial charge is 0.399 e. The molecule has 0 saturated carbocycles. The van der Waals surface area contributed by atoms with Crippen molar-refractivity contribution >= 4 is 34.4 Å². The molecule has 0 N–H and O–H groups in total. The number of aromatic nitrogens is 1. The fourth-order valence-corrected chi connectivity index (χ4v) is 5.70. The molecule has 40 heavy (non-hydrogen) atoms. The van der Waals surface area contributed by atoms with Crippen LogP contribution < -0.4 is 5.46 Å². The number of benzene rings is 5. The van der Waals surface area contributed by atoms with Gasteiger partial charge in [-0.1, -0.05) is 84.9 Å². The number of nitrogens with zero attached hydrogens (tertiary/aromatic N) is 1. The van der Waals surface area contributed by atoms with Crippen molar-refractivity contribution in [2.24, 2.45) is 0 Å². The maximum absolute atomic E-state index is 6.24. The molecule has 1 aliphatic heterocycles. The van der Waals surface area contributed by atoms with Crippen molar-refractivity contribution in [3.8, 4) is 27.9 Å². The number of para-hydroxylation sites is 2. The predicted molar refractivity (Wildman–Crippen MR) is 167 cm³/mol. The zero-order valence-electron chi connectivity index (χ0n) is 23.4. The molecule has 1 saturated heterocycles. The van der Waals surface area contributed by atoms with Gasteiger partial charge >= 0.3 is 7.12 Å². The summed E-state index contributed by atoms with van der Waals surface area (Å²) >= 11 is 0. The highest BCUT2D eigenvalue weighted by Crippen LogP contribution is 2.37. The van der Waals surface area contributed by atoms with Crippen LogP contribution in [0.25, 0.3) is 49.7 Å². The minimum atomic E-state index is -0.352. The van der Waals surface area contributed by atoms with Crippen molar-refractivity contribution < 1.29 is 9.31 Å². The molecule has 1 aliphatic rings. The van der Waals surface area contributed by atoms with Gasteiger partial charge in [-0.3, -0.25) is 0 Å². The summed E-state index contributed by atoms with van der Waals surface area (Å²) in [7, 11) is -0.352. The lowest BCUT2D eigenvalue weighted by atomic mass is 9.78. The van der Waals surface area contributed by atoms with E-state index in [2.05, 4.69) is 154 Å². The van der Waals surface area contributed by atoms with Crippen molar-refractivity contribution in [3.63, 3.8) is 0 Å². The second kappa shape index (κ2) is 9.23. The van der Waals surface area contributed by atoms with Crippen LogP contribution >= 0.6 is 0 Å². The van der Waals surface area contributed by atoms with Gasteiger partial charge in [-0.25, -0.2) is 0 Å². The first kappa shape index (κ1) is 24.9. The molecule has 3 nitrogen and oxygen atoms in total. The zero-order valence-corrected chi connectivity index (χ0v) is 23.4. The molecule has 0 amide bonds. The van der Waals surface area contributed by atoms with Gasteiger partial charge in [0.25, 0.3) is 0 Å². The fourth-order valence-electron chi connectivity index (χ4n) is 5.70. The van der Waals surface area contributed by atoms with Gasteiger partial charge in [-0.15, -0.1) is 0 Å². The third-order valence-electron chi connectivity index (χ3n) is 8.65. The van der Waals surface area contributed by atoms with E-state index < -0.39 is 0 Å². The molecule has 0 aliphatic carbocycles. The number of rotatable bonds is 4. The van der Waals surface area contributed by atoms with Gasteiger partial charge in [0, 0.05) is 16.5 Å². The Balaban J connectivity index is 1.24. The van der Waals surface area contributed by atoms with Crippen LogP contribution in [0.15, 0.2) is 121 Å². The van der Waals surface area contributed by atoms with Crippen molar-refractivity contribution in [3.05, 3.63) is 121 Å². The average Bonchev–Trinajstić information content (AvgIpc) is 3.42. The summed E-state index contributed by atoms with van der Waals surface area (Å²) in [5.41, 5.74) is 8.71. The lowest BCUT2D eigenvalue weighted by Gasteiger charge is -2.32. The van der Waals surface area contributed by atoms with Crippen LogP contribution in [0.3, 0.4) is 0 Å². The summed E-state index contributed by atoms with van der Waals surface area (Å²) in [5.74, 6) is 0. The first-order valence-corrected chi connectivity index (χ1v) is 14.0. The van der Waals surface area contributed by atoms with Crippen LogP contribution in [0.1, 0.15) is 27.7 Å². The third kappa shape index (κ3) is 4.07. The minimum absolute atomic E-state index is 0.348. The van der Waals surface area contributed by atoms with E-state index >= 15 is 0 Å². The molecule has 4 heteroatoms. The second-order valence-corrected chi connectivity index (χ2v) is 11.7. The van der Waals surface area contributed by atoms with Gasteiger partial charge in [-0.05, 0) is 91.8 Å². The summed E-state index contributed by atoms with van der Waals surface area (Å²) in [6, 6.07) is 43.4. The molecule has 5 aromatic carbocycles. The average molecular weight is 521 g/mol. The summed E-state index contributed by atoms with van der Waals surface area (Å²) in [5, 5.41) is 2.52. The Kier molecular flexibility index (Phi) is 5.74. The van der Waals surface area contributed by atoms with Crippen LogP contribution in [0.5, 0.6) is 0 Å². The molecule has 0 unspecified atom stereocenters. The molecular formula is C36H32BNO2. The van der Waals surface area contributed by atoms with E-state index in [0.717, 1.165) is 5.46 Å². The molecular weight excluding hydrogens is 489 g/mol. The van der Waals surface area contributed by atoms with Gasteiger partial charge in [0.15, 0.2) is 0 Å². The Hall–Kier alpha value is -4.12. The Morgan fingerprint density at radius 1 is 0.500 bits per heavy atom. The van der Waals surface area contributed by atoms with Gasteiger partial charge in [-0.2, -0.15) is 0 Å². The lowest BCUT2D eigenvalue weighted by Crippen LogP contribution is -2.41. The lowest BCUT2D eigenvalue weighted by molar-refractivity contribution is 0.00578. The first-order valence-electron chi connectivity index (χ1n) is 14.0. The van der Waals surface area contributed by atoms with Crippen LogP contribution in [0.2, 0.25) is 0 Å². The van der Waals surface area contributed by atoms with Crippen LogP contribution in [0, 0.1) is 0 Å². The summed E-state index contributed by atoms with van der Waals surface area (Å²) in [6.07, 6.45) is 0. The number of hydrogen-bond donors (Lipinski definition) is 0. The second-order valence-electron chi connectivity index (χ2n) is 11.7. The predicted octanol–water partition coefficient (Wildman–Crippen LogP) is 8.42. The monoisotopic (exact) mass is 521 g/mol. The Labute approximate surface area is 236 Å². The molecule has 1 aromatic heterocycles. The zero-order chi connectivity index (χ0) is 27.5. The standard InChI is InChI=1S/C36H32BNO2/c1-35(2)36(3,4)40-37(39-35)29-20-17-25(18-21-29)26-11-10-12-27(23-26)28-19-22-34-32(24-28)31-15-8-9-16-33(31)38(34)30-13-6-5-7-14-30/h5-24H,1-4H3. The molecule has 196 valence electrons. The van der Waals surface area contributed by atoms with E-state index in [1.807, 2.05) is 0 Å². The van der Waals surface area contributed by atoms with Crippen molar-refractivity contribution in [2.45, 2.75) is 38.9 Å². The van der Waals surface area contributed by atoms with E-state index in [1.54, 1.807) is 0 Å². The van der Waals surface area contributed by atoms with Crippen molar-refractivity contribution in [2.75, 3.05) is 0 Å². The SMILES string of the molecule is CC1(C)OB(c2ccc(-c3cccc(-c4ccc5c(c4)c4ccccc4n5-c4ccccc4)c3)cc2)OC1(C)C. The third-order valence-corrected chi connectivity index (χ3v) is 8.65. The van der Waals surface area contributed by atoms with Crippen LogP contribution in [-0.2, 0) is 9.31 Å². The van der Waals surface area contributed by atoms with E-state index in [-0.39, 0.29) is 18.3 Å². The van der Waals surface area contributed by atoms with Crippen LogP contribution in [-0.4, -0.2) is 22.9 Å². The van der Waals surface area contributed by atoms with E-state index in [4.69, 9.17) is 9.31 Å². The summed E-state index contributed by atoms with van der Waals surface area (Å²) < 4.78 is 14.8. The number of fused-ring (bicyclic) bond motifs is 3. The summed E-state index contributed by atoms with van der Waals surface area (Å²) in [4.78, 5) is 0. The van der Waals surface area contributed by atoms with E-state index in [9.17, 15) is 0 Å². The molecule has 7 rings (SSSR count). The highest BCUT2D eigenvalue weighted by Gasteiger charge is 2.51. The van der Waals surface area contributed by atoms with Gasteiger partial charge < -0.3 is 13.9 Å². The highest BCUT2D eigenvalue weighted by atomic mass is 16.7. The molecule has 2 heterocycles. The van der Waals surface area contributed by atoms with E-state index in [1.165, 1.54) is 49.7 Å². The quantitative estimate of drug-likeness (QED) is 0.218. The molecule has 0 radical (unpaired) electrons. The highest BCUT2D eigenvalue weighted by molar-refractivity contribution is 6.62. The molecule has 0 bridgehead atoms. The number of hydrogen-bond acceptors (Lipinski definition) is 2. The van der Waals surface area contributed by atoms with Crippen LogP contribution in [0.4, 0.5) is 0 Å². The first-order chi connectivity index (χ1) is 19.3. The molecule has 0 atom stereocenters. The normalized spacial score (nSPS) is 16.1. The maximum Gasteiger partial charge on any atom is 0.494 e.